The number of carbonyl (C=O) groups excluding carboxylic acids is 2. The first-order valence-electron chi connectivity index (χ1n) is 8.77. The molecule has 0 atom stereocenters. The van der Waals surface area contributed by atoms with Gasteiger partial charge in [-0.1, -0.05) is 29.8 Å². The zero-order chi connectivity index (χ0) is 21.2. The van der Waals surface area contributed by atoms with Gasteiger partial charge in [0.2, 0.25) is 0 Å². The number of ketones is 2. The predicted octanol–water partition coefficient (Wildman–Crippen LogP) is 4.45. The van der Waals surface area contributed by atoms with Crippen molar-refractivity contribution in [1.82, 2.24) is 4.98 Å². The maximum Gasteiger partial charge on any atom is 0.194 e. The molecule has 3 aromatic rings. The molecule has 1 heterocycles. The Kier molecular flexibility index (Phi) is 5.96. The minimum absolute atomic E-state index is 0.0767. The first kappa shape index (κ1) is 20.9. The van der Waals surface area contributed by atoms with Gasteiger partial charge in [0.05, 0.1) is 10.6 Å². The number of Topliss-reactive ketones (excluding diaryl/α,β-unsaturated/α-hetero) is 1. The molecule has 0 spiro atoms. The molecule has 148 valence electrons. The largest absolute Gasteiger partial charge is 0.295 e. The number of hydrogen-bond donors (Lipinski definition) is 0. The van der Waals surface area contributed by atoms with Crippen molar-refractivity contribution in [2.24, 2.45) is 0 Å². The van der Waals surface area contributed by atoms with Crippen molar-refractivity contribution in [2.75, 3.05) is 0 Å². The van der Waals surface area contributed by atoms with Gasteiger partial charge in [-0.3, -0.25) is 14.6 Å². The van der Waals surface area contributed by atoms with E-state index in [2.05, 4.69) is 4.98 Å². The first-order chi connectivity index (χ1) is 13.7. The summed E-state index contributed by atoms with van der Waals surface area (Å²) < 4.78 is 25.8. The Morgan fingerprint density at radius 3 is 2.21 bits per heavy atom. The van der Waals surface area contributed by atoms with E-state index in [0.717, 1.165) is 5.69 Å². The van der Waals surface area contributed by atoms with Gasteiger partial charge in [0.25, 0.3) is 0 Å². The van der Waals surface area contributed by atoms with Crippen molar-refractivity contribution in [3.8, 4) is 0 Å². The summed E-state index contributed by atoms with van der Waals surface area (Å²) in [5.74, 6) is -0.868. The highest BCUT2D eigenvalue weighted by molar-refractivity contribution is 7.90. The summed E-state index contributed by atoms with van der Waals surface area (Å²) in [6.07, 6.45) is 1.46. The molecule has 0 fully saturated rings. The van der Waals surface area contributed by atoms with Gasteiger partial charge in [-0.2, -0.15) is 0 Å². The molecule has 0 aliphatic rings. The second-order valence-corrected chi connectivity index (χ2v) is 9.08. The highest BCUT2D eigenvalue weighted by Gasteiger charge is 2.21. The second kappa shape index (κ2) is 8.27. The van der Waals surface area contributed by atoms with Crippen LogP contribution in [0, 0.1) is 6.92 Å². The molecule has 2 aromatic carbocycles. The summed E-state index contributed by atoms with van der Waals surface area (Å²) in [6, 6.07) is 13.7. The van der Waals surface area contributed by atoms with E-state index >= 15 is 0 Å². The fourth-order valence-electron chi connectivity index (χ4n) is 2.83. The van der Waals surface area contributed by atoms with Gasteiger partial charge in [-0.05, 0) is 55.8 Å². The van der Waals surface area contributed by atoms with Gasteiger partial charge < -0.3 is 0 Å². The topological polar surface area (TPSA) is 81.2 Å². The summed E-state index contributed by atoms with van der Waals surface area (Å²) in [5, 5.41) is 0.334. The minimum atomic E-state index is -3.74. The van der Waals surface area contributed by atoms with E-state index in [4.69, 9.17) is 11.6 Å². The molecule has 0 unspecified atom stereocenters. The fourth-order valence-corrected chi connectivity index (χ4v) is 4.38. The number of benzene rings is 2. The van der Waals surface area contributed by atoms with Gasteiger partial charge in [0.1, 0.15) is 0 Å². The minimum Gasteiger partial charge on any atom is -0.295 e. The Morgan fingerprint density at radius 1 is 0.966 bits per heavy atom. The van der Waals surface area contributed by atoms with E-state index in [1.165, 1.54) is 43.5 Å². The number of pyridine rings is 1. The molecule has 0 saturated heterocycles. The second-order valence-electron chi connectivity index (χ2n) is 6.66. The lowest BCUT2D eigenvalue weighted by Crippen LogP contribution is -2.11. The van der Waals surface area contributed by atoms with Crippen LogP contribution in [0.15, 0.2) is 65.7 Å². The molecule has 5 nitrogen and oxygen atoms in total. The SMILES string of the molecule is CC(=O)c1ccc(S(=O)(=O)Cc2ccc(Cl)cc2C(=O)c2ccc(C)nc2)cc1. The molecule has 0 aliphatic carbocycles. The number of aryl methyl sites for hydroxylation is 1. The van der Waals surface area contributed by atoms with Crippen LogP contribution in [0.2, 0.25) is 5.02 Å². The molecule has 0 saturated carbocycles. The van der Waals surface area contributed by atoms with E-state index in [9.17, 15) is 18.0 Å². The summed E-state index contributed by atoms with van der Waals surface area (Å²) >= 11 is 6.06. The summed E-state index contributed by atoms with van der Waals surface area (Å²) in [5.41, 5.74) is 2.10. The molecule has 0 N–H and O–H groups in total. The monoisotopic (exact) mass is 427 g/mol. The van der Waals surface area contributed by atoms with Gasteiger partial charge in [-0.15, -0.1) is 0 Å². The van der Waals surface area contributed by atoms with Crippen molar-refractivity contribution >= 4 is 33.0 Å². The highest BCUT2D eigenvalue weighted by Crippen LogP contribution is 2.24. The lowest BCUT2D eigenvalue weighted by molar-refractivity contribution is 0.101. The lowest BCUT2D eigenvalue weighted by atomic mass is 10.00. The van der Waals surface area contributed by atoms with Crippen LogP contribution >= 0.6 is 11.6 Å². The molecule has 7 heteroatoms. The van der Waals surface area contributed by atoms with Gasteiger partial charge in [-0.25, -0.2) is 8.42 Å². The van der Waals surface area contributed by atoms with Crippen molar-refractivity contribution < 1.29 is 18.0 Å². The average molecular weight is 428 g/mol. The number of aromatic nitrogens is 1. The van der Waals surface area contributed by atoms with E-state index in [0.29, 0.717) is 21.7 Å². The zero-order valence-corrected chi connectivity index (χ0v) is 17.4. The zero-order valence-electron chi connectivity index (χ0n) is 15.8. The van der Waals surface area contributed by atoms with Crippen LogP contribution in [-0.2, 0) is 15.6 Å². The van der Waals surface area contributed by atoms with E-state index in [1.807, 2.05) is 6.92 Å². The predicted molar refractivity (Wildman–Crippen MR) is 111 cm³/mol. The Hall–Kier alpha value is -2.83. The smallest absolute Gasteiger partial charge is 0.194 e. The summed E-state index contributed by atoms with van der Waals surface area (Å²) in [4.78, 5) is 28.5. The van der Waals surface area contributed by atoms with Crippen molar-refractivity contribution in [3.63, 3.8) is 0 Å². The third-order valence-electron chi connectivity index (χ3n) is 4.46. The van der Waals surface area contributed by atoms with E-state index in [-0.39, 0.29) is 27.8 Å². The van der Waals surface area contributed by atoms with E-state index < -0.39 is 9.84 Å². The number of rotatable bonds is 6. The Bertz CT molecular complexity index is 1180. The Morgan fingerprint density at radius 2 is 1.62 bits per heavy atom. The van der Waals surface area contributed by atoms with Crippen LogP contribution in [0.25, 0.3) is 0 Å². The normalized spacial score (nSPS) is 11.3. The first-order valence-corrected chi connectivity index (χ1v) is 10.8. The number of sulfone groups is 1. The van der Waals surface area contributed by atoms with Crippen LogP contribution in [0.5, 0.6) is 0 Å². The molecule has 0 radical (unpaired) electrons. The number of halogens is 1. The van der Waals surface area contributed by atoms with Crippen LogP contribution < -0.4 is 0 Å². The van der Waals surface area contributed by atoms with Crippen molar-refractivity contribution in [1.29, 1.82) is 0 Å². The van der Waals surface area contributed by atoms with Crippen molar-refractivity contribution in [3.05, 3.63) is 93.8 Å². The summed E-state index contributed by atoms with van der Waals surface area (Å²) in [6.45, 7) is 3.22. The third-order valence-corrected chi connectivity index (χ3v) is 6.37. The molecule has 0 amide bonds. The Balaban J connectivity index is 1.97. The average Bonchev–Trinajstić information content (AvgIpc) is 2.69. The molecule has 0 aliphatic heterocycles. The number of hydrogen-bond acceptors (Lipinski definition) is 5. The quantitative estimate of drug-likeness (QED) is 0.543. The van der Waals surface area contributed by atoms with Gasteiger partial charge in [0, 0.05) is 33.6 Å². The maximum atomic E-state index is 12.9. The van der Waals surface area contributed by atoms with Gasteiger partial charge >= 0.3 is 0 Å². The van der Waals surface area contributed by atoms with Crippen LogP contribution in [0.3, 0.4) is 0 Å². The Labute approximate surface area is 174 Å². The van der Waals surface area contributed by atoms with Crippen molar-refractivity contribution in [2.45, 2.75) is 24.5 Å². The number of carbonyl (C=O) groups is 2. The lowest BCUT2D eigenvalue weighted by Gasteiger charge is -2.11. The maximum absolute atomic E-state index is 12.9. The van der Waals surface area contributed by atoms with Crippen LogP contribution in [-0.4, -0.2) is 25.0 Å². The molecule has 1 aromatic heterocycles. The molecule has 3 rings (SSSR count). The standard InChI is InChI=1S/C22H18ClNO4S/c1-14-3-4-17(12-24-14)22(26)21-11-19(23)8-5-18(21)13-29(27,28)20-9-6-16(7-10-20)15(2)25/h3-12H,13H2,1-2H3. The fraction of sp³-hybridized carbons (Fsp3) is 0.136. The van der Waals surface area contributed by atoms with Gasteiger partial charge in [0.15, 0.2) is 21.4 Å². The van der Waals surface area contributed by atoms with E-state index in [1.54, 1.807) is 24.3 Å². The molecular weight excluding hydrogens is 410 g/mol. The number of nitrogens with zero attached hydrogens (tertiary/aromatic N) is 1. The van der Waals surface area contributed by atoms with Crippen LogP contribution in [0.1, 0.15) is 44.5 Å². The third kappa shape index (κ3) is 4.78. The highest BCUT2D eigenvalue weighted by atomic mass is 35.5. The molecular formula is C22H18ClNO4S. The molecule has 0 bridgehead atoms. The summed E-state index contributed by atoms with van der Waals surface area (Å²) in [7, 11) is -3.74. The molecule has 29 heavy (non-hydrogen) atoms. The van der Waals surface area contributed by atoms with Crippen LogP contribution in [0.4, 0.5) is 0 Å².